The quantitative estimate of drug-likeness (QED) is 0.470. The number of halogens is 1. The molecule has 2 aromatic heterocycles. The van der Waals surface area contributed by atoms with Crippen LogP contribution >= 0.6 is 27.3 Å². The van der Waals surface area contributed by atoms with E-state index < -0.39 is 0 Å². The van der Waals surface area contributed by atoms with Gasteiger partial charge in [-0.05, 0) is 48.9 Å². The molecule has 3 rings (SSSR count). The van der Waals surface area contributed by atoms with Crippen LogP contribution in [0.15, 0.2) is 57.6 Å². The number of amides is 3. The zero-order valence-corrected chi connectivity index (χ0v) is 17.9. The number of aryl methyl sites for hydroxylation is 1. The van der Waals surface area contributed by atoms with Gasteiger partial charge in [0.1, 0.15) is 0 Å². The molecule has 0 aliphatic rings. The van der Waals surface area contributed by atoms with Crippen LogP contribution < -0.4 is 16.0 Å². The van der Waals surface area contributed by atoms with E-state index in [2.05, 4.69) is 31.9 Å². The molecule has 7 nitrogen and oxygen atoms in total. The average Bonchev–Trinajstić information content (AvgIpc) is 3.36. The highest BCUT2D eigenvalue weighted by Gasteiger charge is 2.14. The van der Waals surface area contributed by atoms with Crippen molar-refractivity contribution in [2.45, 2.75) is 13.3 Å². The Kier molecular flexibility index (Phi) is 6.84. The lowest BCUT2D eigenvalue weighted by Crippen LogP contribution is -2.27. The summed E-state index contributed by atoms with van der Waals surface area (Å²) in [5, 5.41) is 8.73. The van der Waals surface area contributed by atoms with Crippen molar-refractivity contribution in [3.05, 3.63) is 69.4 Å². The molecule has 0 bridgehead atoms. The van der Waals surface area contributed by atoms with E-state index in [1.54, 1.807) is 24.3 Å². The van der Waals surface area contributed by atoms with Crippen molar-refractivity contribution in [3.8, 4) is 0 Å². The summed E-state index contributed by atoms with van der Waals surface area (Å²) in [6.45, 7) is 2.10. The van der Waals surface area contributed by atoms with Gasteiger partial charge in [0.2, 0.25) is 5.91 Å². The van der Waals surface area contributed by atoms with Crippen LogP contribution in [-0.4, -0.2) is 24.3 Å². The van der Waals surface area contributed by atoms with Crippen molar-refractivity contribution in [2.75, 3.05) is 17.2 Å². The minimum atomic E-state index is -0.386. The van der Waals surface area contributed by atoms with Crippen LogP contribution in [0.4, 0.5) is 10.7 Å². The third-order valence-corrected chi connectivity index (χ3v) is 5.42. The normalized spacial score (nSPS) is 10.4. The molecule has 0 aliphatic heterocycles. The van der Waals surface area contributed by atoms with Gasteiger partial charge in [0.15, 0.2) is 5.76 Å². The molecule has 150 valence electrons. The summed E-state index contributed by atoms with van der Waals surface area (Å²) in [6.07, 6.45) is 1.56. The van der Waals surface area contributed by atoms with Crippen molar-refractivity contribution in [1.29, 1.82) is 0 Å². The average molecular weight is 476 g/mol. The molecule has 3 N–H and O–H groups in total. The number of hydrogen-bond donors (Lipinski definition) is 3. The predicted molar refractivity (Wildman–Crippen MR) is 115 cm³/mol. The summed E-state index contributed by atoms with van der Waals surface area (Å²) in [4.78, 5) is 36.7. The van der Waals surface area contributed by atoms with Gasteiger partial charge in [0, 0.05) is 23.1 Å². The maximum absolute atomic E-state index is 12.2. The summed E-state index contributed by atoms with van der Waals surface area (Å²) in [6, 6.07) is 12.1. The van der Waals surface area contributed by atoms with Gasteiger partial charge in [0.05, 0.1) is 16.1 Å². The molecule has 29 heavy (non-hydrogen) atoms. The zero-order chi connectivity index (χ0) is 20.8. The van der Waals surface area contributed by atoms with Gasteiger partial charge in [-0.1, -0.05) is 22.0 Å². The highest BCUT2D eigenvalue weighted by Crippen LogP contribution is 2.23. The Morgan fingerprint density at radius 3 is 2.66 bits per heavy atom. The zero-order valence-electron chi connectivity index (χ0n) is 15.5. The van der Waals surface area contributed by atoms with Crippen LogP contribution in [0.5, 0.6) is 0 Å². The monoisotopic (exact) mass is 475 g/mol. The SMILES string of the molecule is Cc1ccc(Br)cc1NC(=O)CCNC(=O)c1ccc(NC(=O)c2ccco2)s1. The van der Waals surface area contributed by atoms with Crippen LogP contribution in [0.2, 0.25) is 0 Å². The van der Waals surface area contributed by atoms with Gasteiger partial charge < -0.3 is 20.4 Å². The van der Waals surface area contributed by atoms with Crippen LogP contribution in [-0.2, 0) is 4.79 Å². The maximum Gasteiger partial charge on any atom is 0.291 e. The first-order valence-corrected chi connectivity index (χ1v) is 10.3. The number of carbonyl (C=O) groups excluding carboxylic acids is 3. The maximum atomic E-state index is 12.2. The topological polar surface area (TPSA) is 100 Å². The van der Waals surface area contributed by atoms with Gasteiger partial charge >= 0.3 is 0 Å². The molecule has 0 saturated heterocycles. The van der Waals surface area contributed by atoms with E-state index in [1.807, 2.05) is 25.1 Å². The second-order valence-corrected chi connectivity index (χ2v) is 8.11. The Bertz CT molecular complexity index is 1030. The Balaban J connectivity index is 1.46. The molecular formula is C20H18BrN3O4S. The minimum absolute atomic E-state index is 0.144. The van der Waals surface area contributed by atoms with Crippen LogP contribution in [0.3, 0.4) is 0 Å². The summed E-state index contributed by atoms with van der Waals surface area (Å²) in [5.41, 5.74) is 1.68. The lowest BCUT2D eigenvalue weighted by molar-refractivity contribution is -0.116. The van der Waals surface area contributed by atoms with Gasteiger partial charge in [-0.15, -0.1) is 11.3 Å². The van der Waals surface area contributed by atoms with E-state index in [0.717, 1.165) is 27.1 Å². The second-order valence-electron chi connectivity index (χ2n) is 6.11. The molecule has 9 heteroatoms. The number of nitrogens with one attached hydrogen (secondary N) is 3. The first-order valence-electron chi connectivity index (χ1n) is 8.71. The molecule has 0 unspecified atom stereocenters. The molecule has 2 heterocycles. The van der Waals surface area contributed by atoms with Crippen molar-refractivity contribution < 1.29 is 18.8 Å². The molecule has 3 aromatic rings. The largest absolute Gasteiger partial charge is 0.459 e. The lowest BCUT2D eigenvalue weighted by atomic mass is 10.2. The van der Waals surface area contributed by atoms with Gasteiger partial charge in [0.25, 0.3) is 11.8 Å². The number of thiophene rings is 1. The molecule has 0 spiro atoms. The van der Waals surface area contributed by atoms with E-state index in [9.17, 15) is 14.4 Å². The minimum Gasteiger partial charge on any atom is -0.459 e. The first-order chi connectivity index (χ1) is 13.9. The molecule has 0 radical (unpaired) electrons. The number of anilines is 2. The lowest BCUT2D eigenvalue weighted by Gasteiger charge is -2.09. The molecular weight excluding hydrogens is 458 g/mol. The van der Waals surface area contributed by atoms with Crippen LogP contribution in [0, 0.1) is 6.92 Å². The summed E-state index contributed by atoms with van der Waals surface area (Å²) >= 11 is 4.51. The fourth-order valence-electron chi connectivity index (χ4n) is 2.43. The van der Waals surface area contributed by atoms with Crippen molar-refractivity contribution in [2.24, 2.45) is 0 Å². The number of rotatable bonds is 7. The van der Waals surface area contributed by atoms with Crippen molar-refractivity contribution in [3.63, 3.8) is 0 Å². The summed E-state index contributed by atoms with van der Waals surface area (Å²) in [7, 11) is 0. The van der Waals surface area contributed by atoms with Crippen molar-refractivity contribution in [1.82, 2.24) is 5.32 Å². The number of hydrogen-bond acceptors (Lipinski definition) is 5. The number of carbonyl (C=O) groups is 3. The van der Waals surface area contributed by atoms with Crippen molar-refractivity contribution >= 4 is 55.7 Å². The third-order valence-electron chi connectivity index (χ3n) is 3.92. The fraction of sp³-hybridized carbons (Fsp3) is 0.150. The third kappa shape index (κ3) is 5.78. The molecule has 3 amide bonds. The van der Waals surface area contributed by atoms with E-state index in [4.69, 9.17) is 4.42 Å². The standard InChI is InChI=1S/C20H18BrN3O4S/c1-12-4-5-13(21)11-14(12)23-17(25)8-9-22-20(27)16-6-7-18(29-16)24-19(26)15-3-2-10-28-15/h2-7,10-11H,8-9H2,1H3,(H,22,27)(H,23,25)(H,24,26). The predicted octanol–water partition coefficient (Wildman–Crippen LogP) is 4.42. The number of benzene rings is 1. The molecule has 1 aromatic carbocycles. The smallest absolute Gasteiger partial charge is 0.291 e. The molecule has 0 saturated carbocycles. The van der Waals surface area contributed by atoms with E-state index in [-0.39, 0.29) is 36.4 Å². The Morgan fingerprint density at radius 1 is 1.07 bits per heavy atom. The first kappa shape index (κ1) is 20.8. The Hall–Kier alpha value is -2.91. The second kappa shape index (κ2) is 9.53. The summed E-state index contributed by atoms with van der Waals surface area (Å²) in [5.74, 6) is -0.691. The summed E-state index contributed by atoms with van der Waals surface area (Å²) < 4.78 is 5.90. The van der Waals surface area contributed by atoms with Gasteiger partial charge in [-0.25, -0.2) is 0 Å². The number of furan rings is 1. The fourth-order valence-corrected chi connectivity index (χ4v) is 3.61. The Labute approximate surface area is 179 Å². The highest BCUT2D eigenvalue weighted by molar-refractivity contribution is 9.10. The van der Waals surface area contributed by atoms with Gasteiger partial charge in [-0.3, -0.25) is 14.4 Å². The van der Waals surface area contributed by atoms with Crippen LogP contribution in [0.1, 0.15) is 32.2 Å². The highest BCUT2D eigenvalue weighted by atomic mass is 79.9. The van der Waals surface area contributed by atoms with E-state index in [1.165, 1.54) is 6.26 Å². The molecule has 0 atom stereocenters. The molecule has 0 fully saturated rings. The van der Waals surface area contributed by atoms with Gasteiger partial charge in [-0.2, -0.15) is 0 Å². The molecule has 0 aliphatic carbocycles. The van der Waals surface area contributed by atoms with Crippen LogP contribution in [0.25, 0.3) is 0 Å². The van der Waals surface area contributed by atoms with E-state index in [0.29, 0.717) is 9.88 Å². The Morgan fingerprint density at radius 2 is 1.90 bits per heavy atom. The van der Waals surface area contributed by atoms with E-state index >= 15 is 0 Å².